The maximum atomic E-state index is 12.4. The number of amides is 1. The van der Waals surface area contributed by atoms with Crippen LogP contribution in [-0.4, -0.2) is 19.6 Å². The number of halogens is 1. The quantitative estimate of drug-likeness (QED) is 0.647. The van der Waals surface area contributed by atoms with Crippen LogP contribution < -0.4 is 5.32 Å². The first-order valence-corrected chi connectivity index (χ1v) is 9.19. The smallest absolute Gasteiger partial charge is 0.251 e. The molecule has 3 rings (SSSR count). The third kappa shape index (κ3) is 4.28. The van der Waals surface area contributed by atoms with Crippen LogP contribution in [0.2, 0.25) is 5.02 Å². The van der Waals surface area contributed by atoms with Crippen LogP contribution in [0.15, 0.2) is 65.4 Å². The molecule has 0 saturated heterocycles. The van der Waals surface area contributed by atoms with Crippen molar-refractivity contribution < 1.29 is 9.53 Å². The van der Waals surface area contributed by atoms with E-state index in [2.05, 4.69) is 16.8 Å². The first-order valence-electron chi connectivity index (χ1n) is 7.87. The standard InChI is InChI=1S/C20H18ClNO2S/c1-24-19(17-4-2-3-5-18(17)21)12-22-20(23)15-8-6-14(7-9-15)16-10-11-25-13-16/h2-11,13,19H,12H2,1H3,(H,22,23). The Hall–Kier alpha value is -2.14. The van der Waals surface area contributed by atoms with Crippen molar-refractivity contribution in [3.63, 3.8) is 0 Å². The highest BCUT2D eigenvalue weighted by molar-refractivity contribution is 7.08. The van der Waals surface area contributed by atoms with Crippen molar-refractivity contribution in [2.24, 2.45) is 0 Å². The predicted octanol–water partition coefficient (Wildman–Crippen LogP) is 5.19. The number of hydrogen-bond acceptors (Lipinski definition) is 3. The van der Waals surface area contributed by atoms with E-state index in [-0.39, 0.29) is 12.0 Å². The molecule has 1 atom stereocenters. The third-order valence-corrected chi connectivity index (χ3v) is 5.01. The summed E-state index contributed by atoms with van der Waals surface area (Å²) >= 11 is 7.86. The van der Waals surface area contributed by atoms with Crippen molar-refractivity contribution in [3.05, 3.63) is 81.5 Å². The maximum Gasteiger partial charge on any atom is 0.251 e. The summed E-state index contributed by atoms with van der Waals surface area (Å²) in [6.07, 6.45) is -0.289. The van der Waals surface area contributed by atoms with Crippen LogP contribution in [0.25, 0.3) is 11.1 Å². The van der Waals surface area contributed by atoms with Crippen molar-refractivity contribution in [2.45, 2.75) is 6.10 Å². The lowest BCUT2D eigenvalue weighted by Crippen LogP contribution is -2.29. The van der Waals surface area contributed by atoms with Gasteiger partial charge in [0.1, 0.15) is 6.10 Å². The van der Waals surface area contributed by atoms with Crippen molar-refractivity contribution in [1.82, 2.24) is 5.32 Å². The Kier molecular flexibility index (Phi) is 5.87. The van der Waals surface area contributed by atoms with E-state index < -0.39 is 0 Å². The molecule has 0 saturated carbocycles. The van der Waals surface area contributed by atoms with Crippen molar-refractivity contribution >= 4 is 28.8 Å². The van der Waals surface area contributed by atoms with Gasteiger partial charge in [0.15, 0.2) is 0 Å². The van der Waals surface area contributed by atoms with Gasteiger partial charge in [0, 0.05) is 29.8 Å². The highest BCUT2D eigenvalue weighted by Crippen LogP contribution is 2.25. The molecule has 1 unspecified atom stereocenters. The Labute approximate surface area is 156 Å². The monoisotopic (exact) mass is 371 g/mol. The highest BCUT2D eigenvalue weighted by atomic mass is 35.5. The summed E-state index contributed by atoms with van der Waals surface area (Å²) < 4.78 is 5.47. The van der Waals surface area contributed by atoms with Gasteiger partial charge in [0.05, 0.1) is 0 Å². The molecule has 5 heteroatoms. The lowest BCUT2D eigenvalue weighted by Gasteiger charge is -2.17. The highest BCUT2D eigenvalue weighted by Gasteiger charge is 2.15. The van der Waals surface area contributed by atoms with Crippen LogP contribution in [0.3, 0.4) is 0 Å². The predicted molar refractivity (Wildman–Crippen MR) is 103 cm³/mol. The van der Waals surface area contributed by atoms with Crippen LogP contribution in [0, 0.1) is 0 Å². The molecule has 3 nitrogen and oxygen atoms in total. The largest absolute Gasteiger partial charge is 0.375 e. The Balaban J connectivity index is 1.65. The summed E-state index contributed by atoms with van der Waals surface area (Å²) in [6, 6.07) is 17.1. The summed E-state index contributed by atoms with van der Waals surface area (Å²) in [6.45, 7) is 0.353. The zero-order valence-corrected chi connectivity index (χ0v) is 15.3. The lowest BCUT2D eigenvalue weighted by atomic mass is 10.1. The van der Waals surface area contributed by atoms with Gasteiger partial charge < -0.3 is 10.1 Å². The number of ether oxygens (including phenoxy) is 1. The number of rotatable bonds is 6. The SMILES string of the molecule is COC(CNC(=O)c1ccc(-c2ccsc2)cc1)c1ccccc1Cl. The van der Waals surface area contributed by atoms with E-state index in [0.717, 1.165) is 16.7 Å². The van der Waals surface area contributed by atoms with E-state index in [1.165, 1.54) is 0 Å². The second-order valence-corrected chi connectivity index (χ2v) is 6.73. The summed E-state index contributed by atoms with van der Waals surface area (Å²) in [5.74, 6) is -0.133. The minimum absolute atomic E-state index is 0.133. The van der Waals surface area contributed by atoms with E-state index in [4.69, 9.17) is 16.3 Å². The second kappa shape index (κ2) is 8.30. The average Bonchev–Trinajstić information content (AvgIpc) is 3.18. The first-order chi connectivity index (χ1) is 12.2. The van der Waals surface area contributed by atoms with Crippen molar-refractivity contribution in [1.29, 1.82) is 0 Å². The maximum absolute atomic E-state index is 12.4. The van der Waals surface area contributed by atoms with E-state index in [1.807, 2.05) is 53.9 Å². The Bertz CT molecular complexity index is 831. The van der Waals surface area contributed by atoms with Gasteiger partial charge in [0.2, 0.25) is 0 Å². The molecule has 1 aromatic heterocycles. The zero-order chi connectivity index (χ0) is 17.6. The van der Waals surface area contributed by atoms with Crippen LogP contribution in [0.4, 0.5) is 0 Å². The van der Waals surface area contributed by atoms with E-state index in [0.29, 0.717) is 17.1 Å². The van der Waals surface area contributed by atoms with E-state index >= 15 is 0 Å². The van der Waals surface area contributed by atoms with Crippen LogP contribution in [0.1, 0.15) is 22.0 Å². The number of carbonyl (C=O) groups excluding carboxylic acids is 1. The molecule has 0 aliphatic carbocycles. The minimum atomic E-state index is -0.289. The van der Waals surface area contributed by atoms with Gasteiger partial charge in [-0.25, -0.2) is 0 Å². The number of nitrogens with one attached hydrogen (secondary N) is 1. The summed E-state index contributed by atoms with van der Waals surface area (Å²) in [4.78, 5) is 12.4. The van der Waals surface area contributed by atoms with Crippen molar-refractivity contribution in [3.8, 4) is 11.1 Å². The van der Waals surface area contributed by atoms with Gasteiger partial charge in [-0.15, -0.1) is 0 Å². The van der Waals surface area contributed by atoms with Gasteiger partial charge in [0.25, 0.3) is 5.91 Å². The molecule has 1 amide bonds. The molecule has 25 heavy (non-hydrogen) atoms. The molecule has 2 aromatic carbocycles. The number of carbonyl (C=O) groups is 1. The van der Waals surface area contributed by atoms with E-state index in [9.17, 15) is 4.79 Å². The molecule has 1 heterocycles. The number of benzene rings is 2. The lowest BCUT2D eigenvalue weighted by molar-refractivity contribution is 0.0828. The van der Waals surface area contributed by atoms with Crippen LogP contribution in [0.5, 0.6) is 0 Å². The van der Waals surface area contributed by atoms with Crippen molar-refractivity contribution in [2.75, 3.05) is 13.7 Å². The van der Waals surface area contributed by atoms with Gasteiger partial charge >= 0.3 is 0 Å². The number of thiophene rings is 1. The third-order valence-electron chi connectivity index (χ3n) is 3.99. The molecule has 0 spiro atoms. The molecule has 1 N–H and O–H groups in total. The molecule has 0 aliphatic heterocycles. The zero-order valence-electron chi connectivity index (χ0n) is 13.7. The van der Waals surface area contributed by atoms with Crippen LogP contribution >= 0.6 is 22.9 Å². The first kappa shape index (κ1) is 17.7. The molecule has 128 valence electrons. The van der Waals surface area contributed by atoms with Gasteiger partial charge in [-0.2, -0.15) is 11.3 Å². The minimum Gasteiger partial charge on any atom is -0.375 e. The molecular formula is C20H18ClNO2S. The summed E-state index contributed by atoms with van der Waals surface area (Å²) in [7, 11) is 1.61. The van der Waals surface area contributed by atoms with Gasteiger partial charge in [-0.3, -0.25) is 4.79 Å². The summed E-state index contributed by atoms with van der Waals surface area (Å²) in [5.41, 5.74) is 3.74. The number of methoxy groups -OCH3 is 1. The topological polar surface area (TPSA) is 38.3 Å². The Morgan fingerprint density at radius 3 is 2.52 bits per heavy atom. The number of hydrogen-bond donors (Lipinski definition) is 1. The van der Waals surface area contributed by atoms with Gasteiger partial charge in [-0.1, -0.05) is 41.9 Å². The molecule has 0 radical (unpaired) electrons. The Morgan fingerprint density at radius 2 is 1.88 bits per heavy atom. The second-order valence-electron chi connectivity index (χ2n) is 5.55. The normalized spacial score (nSPS) is 11.9. The average molecular weight is 372 g/mol. The molecule has 0 fully saturated rings. The molecular weight excluding hydrogens is 354 g/mol. The van der Waals surface area contributed by atoms with E-state index in [1.54, 1.807) is 18.4 Å². The Morgan fingerprint density at radius 1 is 1.12 bits per heavy atom. The molecule has 3 aromatic rings. The summed E-state index contributed by atoms with van der Waals surface area (Å²) in [5, 5.41) is 7.66. The fraction of sp³-hybridized carbons (Fsp3) is 0.150. The van der Waals surface area contributed by atoms with Crippen LogP contribution in [-0.2, 0) is 4.74 Å². The fourth-order valence-electron chi connectivity index (χ4n) is 2.59. The fourth-order valence-corrected chi connectivity index (χ4v) is 3.51. The molecule has 0 bridgehead atoms. The molecule has 0 aliphatic rings. The van der Waals surface area contributed by atoms with Gasteiger partial charge in [-0.05, 0) is 46.2 Å².